The second-order valence-electron chi connectivity index (χ2n) is 5.81. The van der Waals surface area contributed by atoms with Crippen molar-refractivity contribution in [1.29, 1.82) is 0 Å². The van der Waals surface area contributed by atoms with Gasteiger partial charge in [-0.15, -0.1) is 0 Å². The minimum Gasteiger partial charge on any atom is -0.299 e. The number of Topliss-reactive ketones (excluding diaryl/α,β-unsaturated/α-hetero) is 1. The molecule has 1 aromatic rings. The molecule has 3 aliphatic rings. The summed E-state index contributed by atoms with van der Waals surface area (Å²) < 4.78 is 24.7. The van der Waals surface area contributed by atoms with E-state index in [1.165, 1.54) is 0 Å². The SMILES string of the molecule is O=C1C[C@H]2CC[C@@H]1[C@@H](CS(=O)(=O)c1ccccc1)C2. The van der Waals surface area contributed by atoms with Gasteiger partial charge in [0, 0.05) is 12.3 Å². The van der Waals surface area contributed by atoms with Gasteiger partial charge >= 0.3 is 0 Å². The zero-order valence-corrected chi connectivity index (χ0v) is 11.6. The van der Waals surface area contributed by atoms with Crippen LogP contribution in [0.25, 0.3) is 0 Å². The van der Waals surface area contributed by atoms with Crippen molar-refractivity contribution in [2.24, 2.45) is 17.8 Å². The van der Waals surface area contributed by atoms with Crippen molar-refractivity contribution >= 4 is 15.6 Å². The van der Waals surface area contributed by atoms with Gasteiger partial charge in [-0.05, 0) is 43.2 Å². The van der Waals surface area contributed by atoms with E-state index in [4.69, 9.17) is 0 Å². The van der Waals surface area contributed by atoms with Crippen LogP contribution in [0.4, 0.5) is 0 Å². The first-order valence-electron chi connectivity index (χ1n) is 6.87. The fourth-order valence-corrected chi connectivity index (χ4v) is 5.29. The Labute approximate surface area is 113 Å². The van der Waals surface area contributed by atoms with Crippen molar-refractivity contribution in [2.75, 3.05) is 5.75 Å². The van der Waals surface area contributed by atoms with Crippen molar-refractivity contribution in [3.8, 4) is 0 Å². The molecule has 3 aliphatic carbocycles. The van der Waals surface area contributed by atoms with Crippen LogP contribution in [0.3, 0.4) is 0 Å². The normalized spacial score (nSPS) is 30.5. The Bertz CT molecular complexity index is 577. The number of carbonyl (C=O) groups is 1. The predicted molar refractivity (Wildman–Crippen MR) is 72.4 cm³/mol. The van der Waals surface area contributed by atoms with E-state index >= 15 is 0 Å². The fraction of sp³-hybridized carbons (Fsp3) is 0.533. The van der Waals surface area contributed by atoms with Crippen LogP contribution in [0.2, 0.25) is 0 Å². The highest BCUT2D eigenvalue weighted by Crippen LogP contribution is 2.43. The number of benzene rings is 1. The Morgan fingerprint density at radius 2 is 1.84 bits per heavy atom. The Kier molecular flexibility index (Phi) is 3.21. The molecule has 0 N–H and O–H groups in total. The van der Waals surface area contributed by atoms with Gasteiger partial charge in [-0.1, -0.05) is 18.2 Å². The second-order valence-corrected chi connectivity index (χ2v) is 7.84. The monoisotopic (exact) mass is 278 g/mol. The van der Waals surface area contributed by atoms with E-state index in [2.05, 4.69) is 0 Å². The smallest absolute Gasteiger partial charge is 0.178 e. The second kappa shape index (κ2) is 4.75. The van der Waals surface area contributed by atoms with E-state index in [1.54, 1.807) is 24.3 Å². The summed E-state index contributed by atoms with van der Waals surface area (Å²) in [6.45, 7) is 0. The molecule has 3 atom stereocenters. The van der Waals surface area contributed by atoms with Crippen molar-refractivity contribution < 1.29 is 13.2 Å². The molecule has 0 radical (unpaired) electrons. The lowest BCUT2D eigenvalue weighted by Gasteiger charge is -2.40. The molecule has 19 heavy (non-hydrogen) atoms. The highest BCUT2D eigenvalue weighted by Gasteiger charge is 2.42. The van der Waals surface area contributed by atoms with Crippen molar-refractivity contribution in [3.63, 3.8) is 0 Å². The maximum atomic E-state index is 12.4. The topological polar surface area (TPSA) is 51.2 Å². The van der Waals surface area contributed by atoms with E-state index in [9.17, 15) is 13.2 Å². The van der Waals surface area contributed by atoms with Crippen LogP contribution in [0.5, 0.6) is 0 Å². The first kappa shape index (κ1) is 12.9. The first-order chi connectivity index (χ1) is 9.06. The average molecular weight is 278 g/mol. The van der Waals surface area contributed by atoms with E-state index in [1.807, 2.05) is 6.07 Å². The van der Waals surface area contributed by atoms with E-state index in [-0.39, 0.29) is 23.4 Å². The zero-order chi connectivity index (χ0) is 13.5. The summed E-state index contributed by atoms with van der Waals surface area (Å²) in [5.41, 5.74) is 0. The first-order valence-corrected chi connectivity index (χ1v) is 8.52. The number of fused-ring (bicyclic) bond motifs is 3. The summed E-state index contributed by atoms with van der Waals surface area (Å²) in [5.74, 6) is 0.863. The quantitative estimate of drug-likeness (QED) is 0.853. The summed E-state index contributed by atoms with van der Waals surface area (Å²) in [6.07, 6.45) is 3.56. The molecule has 0 heterocycles. The van der Waals surface area contributed by atoms with Gasteiger partial charge in [0.05, 0.1) is 10.6 Å². The summed E-state index contributed by atoms with van der Waals surface area (Å²) in [5, 5.41) is 0. The third-order valence-electron chi connectivity index (χ3n) is 4.53. The van der Waals surface area contributed by atoms with Crippen LogP contribution >= 0.6 is 0 Å². The Morgan fingerprint density at radius 3 is 2.47 bits per heavy atom. The molecular weight excluding hydrogens is 260 g/mol. The Hall–Kier alpha value is -1.16. The summed E-state index contributed by atoms with van der Waals surface area (Å²) >= 11 is 0. The molecular formula is C15H18O3S. The molecule has 0 saturated heterocycles. The highest BCUT2D eigenvalue weighted by atomic mass is 32.2. The number of hydrogen-bond donors (Lipinski definition) is 0. The van der Waals surface area contributed by atoms with Gasteiger partial charge in [0.2, 0.25) is 0 Å². The average Bonchev–Trinajstić information content (AvgIpc) is 2.39. The molecule has 3 fully saturated rings. The minimum atomic E-state index is -3.26. The van der Waals surface area contributed by atoms with Gasteiger partial charge in [-0.3, -0.25) is 4.79 Å². The summed E-state index contributed by atoms with van der Waals surface area (Å²) in [7, 11) is -3.26. The van der Waals surface area contributed by atoms with Crippen LogP contribution in [0.15, 0.2) is 35.2 Å². The number of rotatable bonds is 3. The summed E-state index contributed by atoms with van der Waals surface area (Å²) in [6, 6.07) is 8.57. The lowest BCUT2D eigenvalue weighted by molar-refractivity contribution is -0.131. The van der Waals surface area contributed by atoms with Crippen molar-refractivity contribution in [1.82, 2.24) is 0 Å². The number of hydrogen-bond acceptors (Lipinski definition) is 3. The molecule has 102 valence electrons. The van der Waals surface area contributed by atoms with E-state index in [0.29, 0.717) is 17.2 Å². The molecule has 0 unspecified atom stereocenters. The largest absolute Gasteiger partial charge is 0.299 e. The third-order valence-corrected chi connectivity index (χ3v) is 6.39. The van der Waals surface area contributed by atoms with Gasteiger partial charge in [-0.25, -0.2) is 8.42 Å². The van der Waals surface area contributed by atoms with Gasteiger partial charge in [0.1, 0.15) is 5.78 Å². The van der Waals surface area contributed by atoms with Crippen LogP contribution in [0, 0.1) is 17.8 Å². The lowest BCUT2D eigenvalue weighted by atomic mass is 9.65. The number of sulfone groups is 1. The molecule has 1 aromatic carbocycles. The molecule has 4 heteroatoms. The molecule has 0 spiro atoms. The van der Waals surface area contributed by atoms with Crippen molar-refractivity contribution in [2.45, 2.75) is 30.6 Å². The van der Waals surface area contributed by atoms with Crippen LogP contribution in [0.1, 0.15) is 25.7 Å². The molecule has 0 amide bonds. The van der Waals surface area contributed by atoms with Gasteiger partial charge < -0.3 is 0 Å². The predicted octanol–water partition coefficient (Wildman–Crippen LogP) is 2.47. The maximum absolute atomic E-state index is 12.4. The van der Waals surface area contributed by atoms with Crippen molar-refractivity contribution in [3.05, 3.63) is 30.3 Å². The van der Waals surface area contributed by atoms with Gasteiger partial charge in [-0.2, -0.15) is 0 Å². The lowest BCUT2D eigenvalue weighted by Crippen LogP contribution is -2.41. The molecule has 0 aliphatic heterocycles. The highest BCUT2D eigenvalue weighted by molar-refractivity contribution is 7.91. The summed E-state index contributed by atoms with van der Waals surface area (Å²) in [4.78, 5) is 12.3. The maximum Gasteiger partial charge on any atom is 0.178 e. The molecule has 4 rings (SSSR count). The molecule has 3 saturated carbocycles. The van der Waals surface area contributed by atoms with Crippen LogP contribution in [-0.2, 0) is 14.6 Å². The zero-order valence-electron chi connectivity index (χ0n) is 10.8. The molecule has 2 bridgehead atoms. The Balaban J connectivity index is 1.80. The number of ketones is 1. The van der Waals surface area contributed by atoms with Gasteiger partial charge in [0.15, 0.2) is 9.84 Å². The standard InChI is InChI=1S/C15H18O3S/c16-15-9-11-6-7-14(15)12(8-11)10-19(17,18)13-4-2-1-3-5-13/h1-5,11-12,14H,6-10H2/t11-,12+,14+/m0/s1. The Morgan fingerprint density at radius 1 is 1.11 bits per heavy atom. The van der Waals surface area contributed by atoms with E-state index in [0.717, 1.165) is 19.3 Å². The minimum absolute atomic E-state index is 0.0107. The number of carbonyl (C=O) groups excluding carboxylic acids is 1. The van der Waals surface area contributed by atoms with Gasteiger partial charge in [0.25, 0.3) is 0 Å². The van der Waals surface area contributed by atoms with Crippen LogP contribution in [-0.4, -0.2) is 20.0 Å². The molecule has 0 aromatic heterocycles. The fourth-order valence-electron chi connectivity index (χ4n) is 3.60. The van der Waals surface area contributed by atoms with E-state index < -0.39 is 9.84 Å². The third kappa shape index (κ3) is 2.46. The molecule has 3 nitrogen and oxygen atoms in total. The van der Waals surface area contributed by atoms with Crippen LogP contribution < -0.4 is 0 Å².